The fourth-order valence-electron chi connectivity index (χ4n) is 4.77. The van der Waals surface area contributed by atoms with Crippen LogP contribution in [0.4, 0.5) is 0 Å². The van der Waals surface area contributed by atoms with Crippen LogP contribution in [-0.2, 0) is 51.6 Å². The van der Waals surface area contributed by atoms with Gasteiger partial charge in [-0.25, -0.2) is 0 Å². The summed E-state index contributed by atoms with van der Waals surface area (Å²) in [5, 5.41) is 10.3. The number of rotatable bonds is 10. The molecule has 3 rings (SSSR count). The van der Waals surface area contributed by atoms with E-state index in [0.29, 0.717) is 0 Å². The molecule has 2 heterocycles. The van der Waals surface area contributed by atoms with Crippen molar-refractivity contribution in [2.75, 3.05) is 0 Å². The highest BCUT2D eigenvalue weighted by Crippen LogP contribution is 2.32. The summed E-state index contributed by atoms with van der Waals surface area (Å²) >= 11 is 0. The molecule has 158 valence electrons. The molecule has 3 heteroatoms. The molecular formula is C27H34N2O. The zero-order valence-corrected chi connectivity index (χ0v) is 18.6. The van der Waals surface area contributed by atoms with E-state index < -0.39 is 0 Å². The first-order valence-electron chi connectivity index (χ1n) is 11.3. The van der Waals surface area contributed by atoms with Crippen molar-refractivity contribution < 1.29 is 5.11 Å². The van der Waals surface area contributed by atoms with Crippen molar-refractivity contribution in [2.45, 2.75) is 72.3 Å². The van der Waals surface area contributed by atoms with Crippen LogP contribution in [-0.4, -0.2) is 15.1 Å². The maximum absolute atomic E-state index is 10.3. The number of aryl methyl sites for hydroxylation is 2. The summed E-state index contributed by atoms with van der Waals surface area (Å²) in [5.74, 6) is 0. The SMILES string of the molecule is CCc1c(CO)c(CC)c(CCc2ccccn2)c(CC)c1CCc1ccccn1. The Bertz CT molecular complexity index is 864. The van der Waals surface area contributed by atoms with Crippen molar-refractivity contribution in [1.29, 1.82) is 0 Å². The summed E-state index contributed by atoms with van der Waals surface area (Å²) < 4.78 is 0. The van der Waals surface area contributed by atoms with Crippen molar-refractivity contribution in [2.24, 2.45) is 0 Å². The second kappa shape index (κ2) is 11.0. The Morgan fingerprint density at radius 1 is 0.567 bits per heavy atom. The summed E-state index contributed by atoms with van der Waals surface area (Å²) in [4.78, 5) is 9.04. The van der Waals surface area contributed by atoms with E-state index in [1.54, 1.807) is 0 Å². The van der Waals surface area contributed by atoms with Gasteiger partial charge in [0.1, 0.15) is 0 Å². The number of aromatic nitrogens is 2. The van der Waals surface area contributed by atoms with Crippen LogP contribution in [0.3, 0.4) is 0 Å². The fourth-order valence-corrected chi connectivity index (χ4v) is 4.77. The monoisotopic (exact) mass is 402 g/mol. The molecule has 0 amide bonds. The van der Waals surface area contributed by atoms with Crippen LogP contribution < -0.4 is 0 Å². The number of pyridine rings is 2. The van der Waals surface area contributed by atoms with Crippen molar-refractivity contribution in [1.82, 2.24) is 9.97 Å². The van der Waals surface area contributed by atoms with E-state index in [4.69, 9.17) is 0 Å². The third-order valence-electron chi connectivity index (χ3n) is 6.12. The summed E-state index contributed by atoms with van der Waals surface area (Å²) in [5.41, 5.74) is 10.5. The molecule has 0 aliphatic heterocycles. The van der Waals surface area contributed by atoms with Gasteiger partial charge in [-0.15, -0.1) is 0 Å². The molecule has 0 fully saturated rings. The van der Waals surface area contributed by atoms with Crippen LogP contribution in [0.15, 0.2) is 48.8 Å². The van der Waals surface area contributed by atoms with E-state index in [-0.39, 0.29) is 6.61 Å². The predicted octanol–water partition coefficient (Wildman–Crippen LogP) is 5.23. The number of hydrogen-bond acceptors (Lipinski definition) is 3. The van der Waals surface area contributed by atoms with Crippen LogP contribution in [0.2, 0.25) is 0 Å². The number of aliphatic hydroxyl groups excluding tert-OH is 1. The van der Waals surface area contributed by atoms with Crippen LogP contribution in [0.1, 0.15) is 65.5 Å². The molecule has 30 heavy (non-hydrogen) atoms. The summed E-state index contributed by atoms with van der Waals surface area (Å²) in [7, 11) is 0. The molecule has 0 saturated carbocycles. The second-order valence-corrected chi connectivity index (χ2v) is 7.73. The standard InChI is InChI=1S/C27H34N2O/c1-4-22-25(15-13-20-11-7-9-17-28-20)23(5-2)27(19-30)24(6-3)26(22)16-14-21-12-8-10-18-29-21/h7-12,17-18,30H,4-6,13-16,19H2,1-3H3. The van der Waals surface area contributed by atoms with Crippen LogP contribution >= 0.6 is 0 Å². The van der Waals surface area contributed by atoms with Gasteiger partial charge < -0.3 is 5.11 Å². The molecule has 0 radical (unpaired) electrons. The van der Waals surface area contributed by atoms with Gasteiger partial charge in [-0.3, -0.25) is 9.97 Å². The van der Waals surface area contributed by atoms with Gasteiger partial charge in [-0.2, -0.15) is 0 Å². The number of nitrogens with zero attached hydrogens (tertiary/aromatic N) is 2. The molecule has 1 aromatic carbocycles. The van der Waals surface area contributed by atoms with E-state index in [1.807, 2.05) is 24.5 Å². The second-order valence-electron chi connectivity index (χ2n) is 7.73. The average Bonchev–Trinajstić information content (AvgIpc) is 2.81. The lowest BCUT2D eigenvalue weighted by Gasteiger charge is -2.25. The molecule has 3 aromatic rings. The van der Waals surface area contributed by atoms with Gasteiger partial charge in [-0.1, -0.05) is 32.9 Å². The largest absolute Gasteiger partial charge is 0.392 e. The molecule has 0 aliphatic carbocycles. The molecular weight excluding hydrogens is 368 g/mol. The van der Waals surface area contributed by atoms with Crippen molar-refractivity contribution in [3.05, 3.63) is 93.6 Å². The summed E-state index contributed by atoms with van der Waals surface area (Å²) in [6, 6.07) is 12.3. The Kier molecular flexibility index (Phi) is 8.15. The third-order valence-corrected chi connectivity index (χ3v) is 6.12. The lowest BCUT2D eigenvalue weighted by Crippen LogP contribution is -2.15. The fraction of sp³-hybridized carbons (Fsp3) is 0.407. The first-order valence-corrected chi connectivity index (χ1v) is 11.3. The quantitative estimate of drug-likeness (QED) is 0.505. The molecule has 2 aromatic heterocycles. The normalized spacial score (nSPS) is 11.1. The van der Waals surface area contributed by atoms with Gasteiger partial charge in [0.15, 0.2) is 0 Å². The molecule has 0 bridgehead atoms. The highest BCUT2D eigenvalue weighted by molar-refractivity contribution is 5.53. The van der Waals surface area contributed by atoms with Crippen LogP contribution in [0, 0.1) is 0 Å². The van der Waals surface area contributed by atoms with Crippen molar-refractivity contribution in [3.63, 3.8) is 0 Å². The van der Waals surface area contributed by atoms with Gasteiger partial charge in [0.05, 0.1) is 6.61 Å². The topological polar surface area (TPSA) is 46.0 Å². The Balaban J connectivity index is 2.04. The van der Waals surface area contributed by atoms with E-state index in [9.17, 15) is 5.11 Å². The predicted molar refractivity (Wildman–Crippen MR) is 124 cm³/mol. The Labute approximate surface area is 181 Å². The first kappa shape index (κ1) is 22.2. The zero-order chi connectivity index (χ0) is 21.3. The van der Waals surface area contributed by atoms with Gasteiger partial charge in [-0.05, 0) is 103 Å². The summed E-state index contributed by atoms with van der Waals surface area (Å²) in [6.45, 7) is 6.81. The first-order chi connectivity index (χ1) is 14.7. The van der Waals surface area contributed by atoms with E-state index in [1.165, 1.54) is 27.8 Å². The maximum atomic E-state index is 10.3. The molecule has 3 nitrogen and oxygen atoms in total. The lowest BCUT2D eigenvalue weighted by atomic mass is 9.80. The molecule has 1 N–H and O–H groups in total. The molecule has 0 aliphatic rings. The molecule has 0 atom stereocenters. The van der Waals surface area contributed by atoms with Gasteiger partial charge in [0.25, 0.3) is 0 Å². The highest BCUT2D eigenvalue weighted by atomic mass is 16.3. The minimum Gasteiger partial charge on any atom is -0.392 e. The number of hydrogen-bond donors (Lipinski definition) is 1. The average molecular weight is 403 g/mol. The smallest absolute Gasteiger partial charge is 0.0687 e. The molecule has 0 unspecified atom stereocenters. The molecule has 0 saturated heterocycles. The van der Waals surface area contributed by atoms with Gasteiger partial charge >= 0.3 is 0 Å². The van der Waals surface area contributed by atoms with Crippen molar-refractivity contribution >= 4 is 0 Å². The summed E-state index contributed by atoms with van der Waals surface area (Å²) in [6.07, 6.45) is 10.5. The highest BCUT2D eigenvalue weighted by Gasteiger charge is 2.21. The Morgan fingerprint density at radius 2 is 1.00 bits per heavy atom. The Morgan fingerprint density at radius 3 is 1.33 bits per heavy atom. The lowest BCUT2D eigenvalue weighted by molar-refractivity contribution is 0.279. The molecule has 0 spiro atoms. The van der Waals surface area contributed by atoms with E-state index >= 15 is 0 Å². The van der Waals surface area contributed by atoms with E-state index in [0.717, 1.165) is 61.9 Å². The van der Waals surface area contributed by atoms with Crippen molar-refractivity contribution in [3.8, 4) is 0 Å². The maximum Gasteiger partial charge on any atom is 0.0687 e. The minimum atomic E-state index is 0.115. The zero-order valence-electron chi connectivity index (χ0n) is 18.6. The number of aliphatic hydroxyl groups is 1. The van der Waals surface area contributed by atoms with E-state index in [2.05, 4.69) is 55.0 Å². The van der Waals surface area contributed by atoms with Crippen LogP contribution in [0.25, 0.3) is 0 Å². The Hall–Kier alpha value is -2.52. The van der Waals surface area contributed by atoms with Gasteiger partial charge in [0, 0.05) is 23.8 Å². The van der Waals surface area contributed by atoms with Crippen LogP contribution in [0.5, 0.6) is 0 Å². The third kappa shape index (κ3) is 4.96. The minimum absolute atomic E-state index is 0.115. The van der Waals surface area contributed by atoms with Gasteiger partial charge in [0.2, 0.25) is 0 Å². The number of benzene rings is 1.